The molecule has 21 heavy (non-hydrogen) atoms. The fourth-order valence-corrected chi connectivity index (χ4v) is 3.35. The zero-order valence-corrected chi connectivity index (χ0v) is 13.0. The van der Waals surface area contributed by atoms with Crippen molar-refractivity contribution in [2.45, 2.75) is 13.0 Å². The summed E-state index contributed by atoms with van der Waals surface area (Å²) in [5.41, 5.74) is 5.33. The molecule has 0 saturated carbocycles. The molecule has 3 aromatic rings. The minimum atomic E-state index is 0.941. The van der Waals surface area contributed by atoms with Crippen LogP contribution in [0.3, 0.4) is 0 Å². The van der Waals surface area contributed by atoms with Crippen molar-refractivity contribution in [3.05, 3.63) is 82.0 Å². The number of rotatable bonds is 5. The second kappa shape index (κ2) is 6.70. The number of thiophene rings is 1. The normalized spacial score (nSPS) is 10.7. The standard InChI is InChI=1S/C19H19NS/c1-20-13-19-12-18(14-21-19)17-9-7-16(8-10-17)11-15-5-3-2-4-6-15/h2-10,12,14,20H,11,13H2,1H3. The van der Waals surface area contributed by atoms with E-state index in [1.54, 1.807) is 0 Å². The van der Waals surface area contributed by atoms with Crippen molar-refractivity contribution >= 4 is 11.3 Å². The summed E-state index contributed by atoms with van der Waals surface area (Å²) in [7, 11) is 1.98. The molecule has 1 N–H and O–H groups in total. The van der Waals surface area contributed by atoms with Gasteiger partial charge in [0.05, 0.1) is 0 Å². The fourth-order valence-electron chi connectivity index (χ4n) is 2.45. The molecule has 0 spiro atoms. The van der Waals surface area contributed by atoms with Gasteiger partial charge in [0.15, 0.2) is 0 Å². The van der Waals surface area contributed by atoms with Gasteiger partial charge in [-0.2, -0.15) is 0 Å². The molecule has 0 fully saturated rings. The van der Waals surface area contributed by atoms with E-state index in [1.165, 1.54) is 27.1 Å². The quantitative estimate of drug-likeness (QED) is 0.717. The van der Waals surface area contributed by atoms with Crippen molar-refractivity contribution in [3.8, 4) is 11.1 Å². The average Bonchev–Trinajstić information content (AvgIpc) is 2.98. The first kappa shape index (κ1) is 14.1. The van der Waals surface area contributed by atoms with E-state index >= 15 is 0 Å². The smallest absolute Gasteiger partial charge is 0.0296 e. The molecule has 0 amide bonds. The lowest BCUT2D eigenvalue weighted by atomic mass is 10.0. The van der Waals surface area contributed by atoms with Crippen LogP contribution in [0.15, 0.2) is 66.0 Å². The third kappa shape index (κ3) is 3.60. The van der Waals surface area contributed by atoms with Crippen LogP contribution < -0.4 is 5.32 Å². The predicted octanol–water partition coefficient (Wildman–Crippen LogP) is 4.73. The second-order valence-corrected chi connectivity index (χ2v) is 6.19. The summed E-state index contributed by atoms with van der Waals surface area (Å²) in [6.07, 6.45) is 0.996. The summed E-state index contributed by atoms with van der Waals surface area (Å²) >= 11 is 1.81. The highest BCUT2D eigenvalue weighted by Gasteiger charge is 2.03. The van der Waals surface area contributed by atoms with Gasteiger partial charge >= 0.3 is 0 Å². The van der Waals surface area contributed by atoms with Crippen LogP contribution >= 0.6 is 11.3 Å². The topological polar surface area (TPSA) is 12.0 Å². The molecular weight excluding hydrogens is 274 g/mol. The summed E-state index contributed by atoms with van der Waals surface area (Å²) in [5, 5.41) is 5.43. The van der Waals surface area contributed by atoms with Crippen molar-refractivity contribution in [1.82, 2.24) is 5.32 Å². The van der Waals surface area contributed by atoms with E-state index in [0.717, 1.165) is 13.0 Å². The maximum atomic E-state index is 3.20. The van der Waals surface area contributed by atoms with Gasteiger partial charge in [-0.1, -0.05) is 54.6 Å². The summed E-state index contributed by atoms with van der Waals surface area (Å²) in [6.45, 7) is 0.941. The maximum absolute atomic E-state index is 3.20. The third-order valence-corrected chi connectivity index (χ3v) is 4.48. The molecule has 0 aliphatic rings. The van der Waals surface area contributed by atoms with Gasteiger partial charge in [0, 0.05) is 11.4 Å². The van der Waals surface area contributed by atoms with Crippen LogP contribution in [0, 0.1) is 0 Å². The maximum Gasteiger partial charge on any atom is 0.0296 e. The van der Waals surface area contributed by atoms with Crippen molar-refractivity contribution in [3.63, 3.8) is 0 Å². The molecule has 0 atom stereocenters. The van der Waals surface area contributed by atoms with Crippen LogP contribution in [-0.2, 0) is 13.0 Å². The highest BCUT2D eigenvalue weighted by Crippen LogP contribution is 2.26. The van der Waals surface area contributed by atoms with E-state index in [2.05, 4.69) is 71.4 Å². The van der Waals surface area contributed by atoms with Crippen LogP contribution in [0.5, 0.6) is 0 Å². The van der Waals surface area contributed by atoms with Crippen LogP contribution in [0.4, 0.5) is 0 Å². The van der Waals surface area contributed by atoms with E-state index in [0.29, 0.717) is 0 Å². The Morgan fingerprint density at radius 1 is 0.857 bits per heavy atom. The predicted molar refractivity (Wildman–Crippen MR) is 91.8 cm³/mol. The fraction of sp³-hybridized carbons (Fsp3) is 0.158. The molecule has 106 valence electrons. The first-order valence-corrected chi connectivity index (χ1v) is 8.08. The number of benzene rings is 2. The minimum absolute atomic E-state index is 0.941. The van der Waals surface area contributed by atoms with Crippen LogP contribution in [0.25, 0.3) is 11.1 Å². The minimum Gasteiger partial charge on any atom is -0.315 e. The molecule has 0 aliphatic heterocycles. The third-order valence-electron chi connectivity index (χ3n) is 3.54. The Morgan fingerprint density at radius 3 is 2.29 bits per heavy atom. The zero-order chi connectivity index (χ0) is 14.5. The Morgan fingerprint density at radius 2 is 1.57 bits per heavy atom. The van der Waals surface area contributed by atoms with Gasteiger partial charge in [-0.15, -0.1) is 11.3 Å². The van der Waals surface area contributed by atoms with Crippen molar-refractivity contribution in [2.24, 2.45) is 0 Å². The highest BCUT2D eigenvalue weighted by atomic mass is 32.1. The van der Waals surface area contributed by atoms with Gasteiger partial charge < -0.3 is 5.32 Å². The number of hydrogen-bond donors (Lipinski definition) is 1. The Bertz CT molecular complexity index is 683. The molecule has 0 aliphatic carbocycles. The van der Waals surface area contributed by atoms with E-state index in [9.17, 15) is 0 Å². The van der Waals surface area contributed by atoms with Crippen LogP contribution in [-0.4, -0.2) is 7.05 Å². The molecule has 2 heteroatoms. The van der Waals surface area contributed by atoms with Crippen molar-refractivity contribution in [1.29, 1.82) is 0 Å². The van der Waals surface area contributed by atoms with Gasteiger partial charge in [0.25, 0.3) is 0 Å². The molecular formula is C19H19NS. The number of hydrogen-bond acceptors (Lipinski definition) is 2. The van der Waals surface area contributed by atoms with Gasteiger partial charge in [0.1, 0.15) is 0 Å². The zero-order valence-electron chi connectivity index (χ0n) is 12.2. The van der Waals surface area contributed by atoms with E-state index in [1.807, 2.05) is 18.4 Å². The lowest BCUT2D eigenvalue weighted by molar-refractivity contribution is 0.831. The average molecular weight is 293 g/mol. The lowest BCUT2D eigenvalue weighted by Crippen LogP contribution is -2.02. The first-order valence-electron chi connectivity index (χ1n) is 7.20. The SMILES string of the molecule is CNCc1cc(-c2ccc(Cc3ccccc3)cc2)cs1. The molecule has 1 heterocycles. The molecule has 0 saturated heterocycles. The molecule has 3 rings (SSSR count). The first-order chi connectivity index (χ1) is 10.3. The molecule has 1 nitrogen and oxygen atoms in total. The summed E-state index contributed by atoms with van der Waals surface area (Å²) in [5.74, 6) is 0. The molecule has 1 aromatic heterocycles. The van der Waals surface area contributed by atoms with E-state index < -0.39 is 0 Å². The van der Waals surface area contributed by atoms with E-state index in [-0.39, 0.29) is 0 Å². The molecule has 0 radical (unpaired) electrons. The Labute approximate surface area is 130 Å². The summed E-state index contributed by atoms with van der Waals surface area (Å²) < 4.78 is 0. The lowest BCUT2D eigenvalue weighted by Gasteiger charge is -2.03. The highest BCUT2D eigenvalue weighted by molar-refractivity contribution is 7.10. The Hall–Kier alpha value is -1.90. The molecule has 0 unspecified atom stereocenters. The van der Waals surface area contributed by atoms with Gasteiger partial charge in [-0.3, -0.25) is 0 Å². The summed E-state index contributed by atoms with van der Waals surface area (Å²) in [4.78, 5) is 1.38. The van der Waals surface area contributed by atoms with Crippen molar-refractivity contribution in [2.75, 3.05) is 7.05 Å². The molecule has 0 bridgehead atoms. The van der Waals surface area contributed by atoms with Crippen LogP contribution in [0.2, 0.25) is 0 Å². The monoisotopic (exact) mass is 293 g/mol. The Balaban J connectivity index is 1.74. The summed E-state index contributed by atoms with van der Waals surface area (Å²) in [6, 6.07) is 21.8. The van der Waals surface area contributed by atoms with Crippen molar-refractivity contribution < 1.29 is 0 Å². The van der Waals surface area contributed by atoms with E-state index in [4.69, 9.17) is 0 Å². The second-order valence-electron chi connectivity index (χ2n) is 5.19. The van der Waals surface area contributed by atoms with Crippen LogP contribution in [0.1, 0.15) is 16.0 Å². The van der Waals surface area contributed by atoms with Gasteiger partial charge in [-0.05, 0) is 47.2 Å². The number of nitrogens with one attached hydrogen (secondary N) is 1. The molecule has 2 aromatic carbocycles. The Kier molecular flexibility index (Phi) is 4.49. The largest absolute Gasteiger partial charge is 0.315 e. The van der Waals surface area contributed by atoms with Gasteiger partial charge in [-0.25, -0.2) is 0 Å². The van der Waals surface area contributed by atoms with Gasteiger partial charge in [0.2, 0.25) is 0 Å².